The van der Waals surface area contributed by atoms with Crippen LogP contribution in [0.25, 0.3) is 0 Å². The van der Waals surface area contributed by atoms with E-state index in [-0.39, 0.29) is 0 Å². The molecule has 4 fully saturated rings. The average molecular weight is 339 g/mol. The van der Waals surface area contributed by atoms with Crippen molar-refractivity contribution in [2.75, 3.05) is 5.73 Å². The molecule has 2 N–H and O–H groups in total. The fraction of sp³-hybridized carbons (Fsp3) is 0.812. The zero-order chi connectivity index (χ0) is 14.2. The molecule has 2 atom stereocenters. The quantitative estimate of drug-likeness (QED) is 0.859. The molecule has 1 aromatic rings. The van der Waals surface area contributed by atoms with Gasteiger partial charge in [-0.1, -0.05) is 19.0 Å². The summed E-state index contributed by atoms with van der Waals surface area (Å²) in [5.41, 5.74) is 7.32. The van der Waals surface area contributed by atoms with Crippen molar-refractivity contribution >= 4 is 21.7 Å². The van der Waals surface area contributed by atoms with E-state index in [4.69, 9.17) is 10.3 Å². The predicted octanol–water partition coefficient (Wildman–Crippen LogP) is 4.56. The second-order valence-electron chi connectivity index (χ2n) is 8.61. The molecule has 0 saturated heterocycles. The van der Waals surface area contributed by atoms with E-state index in [1.165, 1.54) is 38.5 Å². The summed E-state index contributed by atoms with van der Waals surface area (Å²) < 4.78 is 6.36. The van der Waals surface area contributed by atoms with Crippen molar-refractivity contribution in [1.29, 1.82) is 0 Å². The van der Waals surface area contributed by atoms with Crippen LogP contribution in [0.1, 0.15) is 58.1 Å². The smallest absolute Gasteiger partial charge is 0.181 e. The van der Waals surface area contributed by atoms with Gasteiger partial charge in [0.15, 0.2) is 11.6 Å². The molecule has 0 radical (unpaired) electrons. The van der Waals surface area contributed by atoms with Crippen LogP contribution in [0.15, 0.2) is 9.00 Å². The third-order valence-electron chi connectivity index (χ3n) is 6.00. The van der Waals surface area contributed by atoms with E-state index in [0.29, 0.717) is 22.1 Å². The van der Waals surface area contributed by atoms with E-state index in [1.54, 1.807) is 0 Å². The molecule has 3 nitrogen and oxygen atoms in total. The Hall–Kier alpha value is -0.510. The fourth-order valence-corrected chi connectivity index (χ4v) is 6.94. The monoisotopic (exact) mass is 338 g/mol. The first-order valence-electron chi connectivity index (χ1n) is 7.70. The van der Waals surface area contributed by atoms with Crippen LogP contribution in [0.3, 0.4) is 0 Å². The van der Waals surface area contributed by atoms with Crippen LogP contribution < -0.4 is 5.73 Å². The standard InChI is InChI=1S/C16H23BrN2O/c1-14-3-10-4-15(2,7-14)9-16(5-10,8-14)6-11-12(17)13(18)19-20-11/h10H,3-9H2,1-2H3,(H2,18,19). The zero-order valence-electron chi connectivity index (χ0n) is 12.3. The summed E-state index contributed by atoms with van der Waals surface area (Å²) in [4.78, 5) is 0. The van der Waals surface area contributed by atoms with Gasteiger partial charge in [-0.3, -0.25) is 0 Å². The first kappa shape index (κ1) is 13.2. The van der Waals surface area contributed by atoms with Gasteiger partial charge in [-0.15, -0.1) is 0 Å². The lowest BCUT2D eigenvalue weighted by atomic mass is 9.40. The van der Waals surface area contributed by atoms with Gasteiger partial charge in [0.2, 0.25) is 0 Å². The molecule has 4 aliphatic rings. The molecule has 0 aromatic carbocycles. The zero-order valence-corrected chi connectivity index (χ0v) is 13.9. The van der Waals surface area contributed by atoms with Crippen LogP contribution in [-0.4, -0.2) is 5.16 Å². The largest absolute Gasteiger partial charge is 0.380 e. The molecule has 4 aliphatic carbocycles. The first-order valence-corrected chi connectivity index (χ1v) is 8.49. The van der Waals surface area contributed by atoms with Crippen molar-refractivity contribution in [1.82, 2.24) is 5.16 Å². The minimum atomic E-state index is 0.414. The van der Waals surface area contributed by atoms with E-state index < -0.39 is 0 Å². The topological polar surface area (TPSA) is 52.0 Å². The van der Waals surface area contributed by atoms with Gasteiger partial charge in [-0.2, -0.15) is 0 Å². The van der Waals surface area contributed by atoms with Crippen LogP contribution >= 0.6 is 15.9 Å². The minimum absolute atomic E-state index is 0.414. The number of nitrogens with two attached hydrogens (primary N) is 1. The van der Waals surface area contributed by atoms with Crippen molar-refractivity contribution in [2.24, 2.45) is 22.2 Å². The highest BCUT2D eigenvalue weighted by Crippen LogP contribution is 2.70. The van der Waals surface area contributed by atoms with Crippen molar-refractivity contribution in [3.63, 3.8) is 0 Å². The summed E-state index contributed by atoms with van der Waals surface area (Å²) >= 11 is 3.54. The van der Waals surface area contributed by atoms with Crippen LogP contribution in [0, 0.1) is 22.2 Å². The van der Waals surface area contributed by atoms with Gasteiger partial charge in [-0.25, -0.2) is 0 Å². The maximum Gasteiger partial charge on any atom is 0.181 e. The predicted molar refractivity (Wildman–Crippen MR) is 82.2 cm³/mol. The third kappa shape index (κ3) is 1.87. The number of nitrogen functional groups attached to an aromatic ring is 1. The summed E-state index contributed by atoms with van der Waals surface area (Å²) in [6, 6.07) is 0. The van der Waals surface area contributed by atoms with Crippen molar-refractivity contribution in [3.8, 4) is 0 Å². The van der Waals surface area contributed by atoms with E-state index in [0.717, 1.165) is 22.6 Å². The Bertz CT molecular complexity index is 549. The van der Waals surface area contributed by atoms with Gasteiger partial charge in [-0.05, 0) is 76.6 Å². The number of hydrogen-bond acceptors (Lipinski definition) is 3. The molecule has 0 aliphatic heterocycles. The Balaban J connectivity index is 1.69. The molecule has 4 heteroatoms. The van der Waals surface area contributed by atoms with E-state index in [1.807, 2.05) is 0 Å². The Morgan fingerprint density at radius 1 is 1.20 bits per heavy atom. The molecule has 2 unspecified atom stereocenters. The van der Waals surface area contributed by atoms with Gasteiger partial charge in [0.05, 0.1) is 0 Å². The molecular weight excluding hydrogens is 316 g/mol. The van der Waals surface area contributed by atoms with Gasteiger partial charge in [0.25, 0.3) is 0 Å². The Morgan fingerprint density at radius 2 is 1.85 bits per heavy atom. The van der Waals surface area contributed by atoms with Gasteiger partial charge >= 0.3 is 0 Å². The average Bonchev–Trinajstić information content (AvgIpc) is 2.55. The van der Waals surface area contributed by atoms with Crippen LogP contribution in [0.5, 0.6) is 0 Å². The van der Waals surface area contributed by atoms with E-state index >= 15 is 0 Å². The second kappa shape index (κ2) is 3.82. The fourth-order valence-electron chi connectivity index (χ4n) is 6.66. The maximum atomic E-state index is 5.81. The van der Waals surface area contributed by atoms with Crippen LogP contribution in [0.4, 0.5) is 5.82 Å². The second-order valence-corrected chi connectivity index (χ2v) is 9.40. The van der Waals surface area contributed by atoms with Gasteiger partial charge < -0.3 is 10.3 Å². The highest BCUT2D eigenvalue weighted by atomic mass is 79.9. The first-order chi connectivity index (χ1) is 9.31. The van der Waals surface area contributed by atoms with Crippen molar-refractivity contribution in [3.05, 3.63) is 10.2 Å². The van der Waals surface area contributed by atoms with Gasteiger partial charge in [0, 0.05) is 6.42 Å². The number of aromatic nitrogens is 1. The lowest BCUT2D eigenvalue weighted by molar-refractivity contribution is -0.145. The number of rotatable bonds is 2. The third-order valence-corrected chi connectivity index (χ3v) is 6.85. The summed E-state index contributed by atoms with van der Waals surface area (Å²) in [7, 11) is 0. The molecule has 0 amide bonds. The summed E-state index contributed by atoms with van der Waals surface area (Å²) in [5, 5.41) is 3.90. The number of hydrogen-bond donors (Lipinski definition) is 1. The lowest BCUT2D eigenvalue weighted by Gasteiger charge is -2.65. The molecule has 1 aromatic heterocycles. The maximum absolute atomic E-state index is 5.81. The van der Waals surface area contributed by atoms with Crippen LogP contribution in [-0.2, 0) is 6.42 Å². The molecule has 1 heterocycles. The van der Waals surface area contributed by atoms with Crippen LogP contribution in [0.2, 0.25) is 0 Å². The number of nitrogens with zero attached hydrogens (tertiary/aromatic N) is 1. The molecule has 5 rings (SSSR count). The highest BCUT2D eigenvalue weighted by Gasteiger charge is 2.60. The Morgan fingerprint density at radius 3 is 2.35 bits per heavy atom. The van der Waals surface area contributed by atoms with Gasteiger partial charge in [0.1, 0.15) is 4.47 Å². The molecule has 0 spiro atoms. The summed E-state index contributed by atoms with van der Waals surface area (Å²) in [6.07, 6.45) is 9.34. The van der Waals surface area contributed by atoms with Crippen molar-refractivity contribution in [2.45, 2.75) is 58.8 Å². The lowest BCUT2D eigenvalue weighted by Crippen LogP contribution is -2.55. The summed E-state index contributed by atoms with van der Waals surface area (Å²) in [6.45, 7) is 5.02. The Kier molecular flexibility index (Phi) is 2.51. The highest BCUT2D eigenvalue weighted by molar-refractivity contribution is 9.10. The Labute approximate surface area is 128 Å². The molecule has 4 bridgehead atoms. The normalized spacial score (nSPS) is 46.0. The van der Waals surface area contributed by atoms with Crippen molar-refractivity contribution < 1.29 is 4.52 Å². The van der Waals surface area contributed by atoms with E-state index in [9.17, 15) is 0 Å². The molecule has 4 saturated carbocycles. The minimum Gasteiger partial charge on any atom is -0.380 e. The molecule has 20 heavy (non-hydrogen) atoms. The SMILES string of the molecule is CC12CC3CC(C)(C1)CC(Cc1onc(N)c1Br)(C3)C2. The number of anilines is 1. The molecule has 110 valence electrons. The number of halogens is 1. The van der Waals surface area contributed by atoms with E-state index in [2.05, 4.69) is 34.9 Å². The molecular formula is C16H23BrN2O. The summed E-state index contributed by atoms with van der Waals surface area (Å²) in [5.74, 6) is 2.36.